The van der Waals surface area contributed by atoms with E-state index in [0.717, 1.165) is 18.3 Å². The van der Waals surface area contributed by atoms with Crippen molar-refractivity contribution in [1.82, 2.24) is 10.6 Å². The number of hydrogen-bond acceptors (Lipinski definition) is 3. The van der Waals surface area contributed by atoms with E-state index in [-0.39, 0.29) is 11.7 Å². The van der Waals surface area contributed by atoms with Gasteiger partial charge in [-0.2, -0.15) is 0 Å². The molecule has 1 heterocycles. The van der Waals surface area contributed by atoms with Gasteiger partial charge < -0.3 is 10.6 Å². The Morgan fingerprint density at radius 2 is 2.19 bits per heavy atom. The standard InChI is InChI=1S/C15H27N3O2S/c1-3-7-16-15(18-14-5-4-12(2)9-14)17-10-13-6-8-21(19,20)11-13/h3,12-14H,1,4-11H2,2H3,(H2,16,17,18). The molecule has 0 amide bonds. The van der Waals surface area contributed by atoms with E-state index in [0.29, 0.717) is 24.9 Å². The molecule has 0 bridgehead atoms. The van der Waals surface area contributed by atoms with Gasteiger partial charge in [0.25, 0.3) is 0 Å². The number of guanidine groups is 1. The Balaban J connectivity index is 1.88. The number of nitrogens with zero attached hydrogens (tertiary/aromatic N) is 1. The van der Waals surface area contributed by atoms with Crippen molar-refractivity contribution < 1.29 is 8.42 Å². The van der Waals surface area contributed by atoms with E-state index in [9.17, 15) is 8.42 Å². The molecule has 2 aliphatic rings. The fourth-order valence-electron chi connectivity index (χ4n) is 3.09. The van der Waals surface area contributed by atoms with Crippen LogP contribution in [0.15, 0.2) is 17.6 Å². The van der Waals surface area contributed by atoms with Crippen molar-refractivity contribution in [3.8, 4) is 0 Å². The van der Waals surface area contributed by atoms with E-state index in [1.54, 1.807) is 6.08 Å². The van der Waals surface area contributed by atoms with E-state index in [2.05, 4.69) is 29.1 Å². The van der Waals surface area contributed by atoms with Gasteiger partial charge in [-0.3, -0.25) is 4.99 Å². The van der Waals surface area contributed by atoms with Crippen LogP contribution in [-0.4, -0.2) is 45.0 Å². The largest absolute Gasteiger partial charge is 0.354 e. The van der Waals surface area contributed by atoms with Crippen LogP contribution in [0.4, 0.5) is 0 Å². The lowest BCUT2D eigenvalue weighted by Crippen LogP contribution is -2.43. The van der Waals surface area contributed by atoms with Crippen LogP contribution < -0.4 is 10.6 Å². The molecule has 3 atom stereocenters. The highest BCUT2D eigenvalue weighted by molar-refractivity contribution is 7.91. The predicted molar refractivity (Wildman–Crippen MR) is 87.2 cm³/mol. The third kappa shape index (κ3) is 5.34. The molecule has 6 heteroatoms. The maximum atomic E-state index is 11.5. The third-order valence-corrected chi connectivity index (χ3v) is 6.12. The summed E-state index contributed by atoms with van der Waals surface area (Å²) in [6, 6.07) is 0.475. The lowest BCUT2D eigenvalue weighted by Gasteiger charge is -2.17. The zero-order chi connectivity index (χ0) is 15.3. The van der Waals surface area contributed by atoms with E-state index in [4.69, 9.17) is 0 Å². The van der Waals surface area contributed by atoms with Gasteiger partial charge in [-0.05, 0) is 37.5 Å². The Morgan fingerprint density at radius 1 is 1.38 bits per heavy atom. The number of hydrogen-bond donors (Lipinski definition) is 2. The average Bonchev–Trinajstić information content (AvgIpc) is 2.98. The first-order valence-electron chi connectivity index (χ1n) is 7.84. The molecule has 5 nitrogen and oxygen atoms in total. The van der Waals surface area contributed by atoms with Gasteiger partial charge in [-0.1, -0.05) is 13.0 Å². The summed E-state index contributed by atoms with van der Waals surface area (Å²) < 4.78 is 23.0. The van der Waals surface area contributed by atoms with Gasteiger partial charge in [0.1, 0.15) is 0 Å². The first kappa shape index (κ1) is 16.3. The molecule has 21 heavy (non-hydrogen) atoms. The molecule has 120 valence electrons. The van der Waals surface area contributed by atoms with Crippen LogP contribution in [0.5, 0.6) is 0 Å². The van der Waals surface area contributed by atoms with Gasteiger partial charge in [-0.15, -0.1) is 6.58 Å². The van der Waals surface area contributed by atoms with Crippen molar-refractivity contribution in [2.75, 3.05) is 24.6 Å². The predicted octanol–water partition coefficient (Wildman–Crippen LogP) is 1.33. The molecule has 0 spiro atoms. The number of nitrogens with one attached hydrogen (secondary N) is 2. The summed E-state index contributed by atoms with van der Waals surface area (Å²) in [6.07, 6.45) is 6.14. The fourth-order valence-corrected chi connectivity index (χ4v) is 4.94. The molecule has 3 unspecified atom stereocenters. The lowest BCUT2D eigenvalue weighted by molar-refractivity contribution is 0.559. The molecule has 1 saturated heterocycles. The van der Waals surface area contributed by atoms with Crippen molar-refractivity contribution in [2.45, 2.75) is 38.6 Å². The minimum absolute atomic E-state index is 0.167. The monoisotopic (exact) mass is 313 g/mol. The van der Waals surface area contributed by atoms with E-state index in [1.165, 1.54) is 19.3 Å². The minimum Gasteiger partial charge on any atom is -0.354 e. The molecule has 0 radical (unpaired) electrons. The van der Waals surface area contributed by atoms with E-state index < -0.39 is 9.84 Å². The lowest BCUT2D eigenvalue weighted by atomic mass is 10.1. The molecule has 0 aromatic rings. The zero-order valence-corrected chi connectivity index (χ0v) is 13.7. The van der Waals surface area contributed by atoms with Crippen molar-refractivity contribution in [3.05, 3.63) is 12.7 Å². The summed E-state index contributed by atoms with van der Waals surface area (Å²) in [5, 5.41) is 6.69. The Hall–Kier alpha value is -1.04. The van der Waals surface area contributed by atoms with Crippen LogP contribution in [0.3, 0.4) is 0 Å². The molecule has 1 aliphatic carbocycles. The van der Waals surface area contributed by atoms with Crippen molar-refractivity contribution in [3.63, 3.8) is 0 Å². The summed E-state index contributed by atoms with van der Waals surface area (Å²) in [5.74, 6) is 2.32. The van der Waals surface area contributed by atoms with Crippen molar-refractivity contribution in [2.24, 2.45) is 16.8 Å². The average molecular weight is 313 g/mol. The van der Waals surface area contributed by atoms with Crippen LogP contribution in [0.2, 0.25) is 0 Å². The van der Waals surface area contributed by atoms with E-state index >= 15 is 0 Å². The molecule has 1 saturated carbocycles. The molecular formula is C15H27N3O2S. The number of aliphatic imine (C=N–C) groups is 1. The molecule has 2 N–H and O–H groups in total. The number of sulfone groups is 1. The van der Waals surface area contributed by atoms with Crippen LogP contribution >= 0.6 is 0 Å². The molecular weight excluding hydrogens is 286 g/mol. The van der Waals surface area contributed by atoms with Gasteiger partial charge in [0.05, 0.1) is 11.5 Å². The molecule has 0 aromatic carbocycles. The Kier molecular flexibility index (Phi) is 5.67. The minimum atomic E-state index is -2.82. The summed E-state index contributed by atoms with van der Waals surface area (Å²) in [7, 11) is -2.82. The summed E-state index contributed by atoms with van der Waals surface area (Å²) in [6.45, 7) is 7.23. The third-order valence-electron chi connectivity index (χ3n) is 4.28. The second-order valence-electron chi connectivity index (χ2n) is 6.39. The van der Waals surface area contributed by atoms with Crippen LogP contribution in [0.25, 0.3) is 0 Å². The normalized spacial score (nSPS) is 32.0. The summed E-state index contributed by atoms with van der Waals surface area (Å²) in [5.41, 5.74) is 0. The topological polar surface area (TPSA) is 70.6 Å². The first-order chi connectivity index (χ1) is 9.98. The van der Waals surface area contributed by atoms with Crippen LogP contribution in [0.1, 0.15) is 32.6 Å². The smallest absolute Gasteiger partial charge is 0.191 e. The SMILES string of the molecule is C=CCNC(=NCC1CCS(=O)(=O)C1)NC1CCC(C)C1. The quantitative estimate of drug-likeness (QED) is 0.456. The highest BCUT2D eigenvalue weighted by Crippen LogP contribution is 2.24. The van der Waals surface area contributed by atoms with Gasteiger partial charge in [0.15, 0.2) is 15.8 Å². The Labute approximate surface area is 128 Å². The van der Waals surface area contributed by atoms with Gasteiger partial charge in [0.2, 0.25) is 0 Å². The maximum Gasteiger partial charge on any atom is 0.191 e. The second-order valence-corrected chi connectivity index (χ2v) is 8.62. The summed E-state index contributed by atoms with van der Waals surface area (Å²) in [4.78, 5) is 4.58. The summed E-state index contributed by atoms with van der Waals surface area (Å²) >= 11 is 0. The van der Waals surface area contributed by atoms with Crippen LogP contribution in [0, 0.1) is 11.8 Å². The molecule has 2 rings (SSSR count). The second kappa shape index (κ2) is 7.29. The van der Waals surface area contributed by atoms with Crippen LogP contribution in [-0.2, 0) is 9.84 Å². The highest BCUT2D eigenvalue weighted by atomic mass is 32.2. The molecule has 1 aliphatic heterocycles. The van der Waals surface area contributed by atoms with Gasteiger partial charge in [-0.25, -0.2) is 8.42 Å². The highest BCUT2D eigenvalue weighted by Gasteiger charge is 2.28. The van der Waals surface area contributed by atoms with Gasteiger partial charge >= 0.3 is 0 Å². The number of rotatable bonds is 5. The van der Waals surface area contributed by atoms with Gasteiger partial charge in [0, 0.05) is 19.1 Å². The molecule has 0 aromatic heterocycles. The Bertz CT molecular complexity index is 487. The van der Waals surface area contributed by atoms with Crippen molar-refractivity contribution in [1.29, 1.82) is 0 Å². The maximum absolute atomic E-state index is 11.5. The molecule has 2 fully saturated rings. The fraction of sp³-hybridized carbons (Fsp3) is 0.800. The van der Waals surface area contributed by atoms with Crippen molar-refractivity contribution >= 4 is 15.8 Å². The zero-order valence-electron chi connectivity index (χ0n) is 12.8. The Morgan fingerprint density at radius 3 is 2.76 bits per heavy atom. The van der Waals surface area contributed by atoms with E-state index in [1.807, 2.05) is 0 Å². The first-order valence-corrected chi connectivity index (χ1v) is 9.67.